The van der Waals surface area contributed by atoms with Gasteiger partial charge in [0.1, 0.15) is 17.2 Å². The molecular weight excluding hydrogens is 410 g/mol. The molecule has 0 amide bonds. The first-order valence-corrected chi connectivity index (χ1v) is 11.3. The fourth-order valence-corrected chi connectivity index (χ4v) is 4.53. The minimum atomic E-state index is -3.83. The first-order valence-electron chi connectivity index (χ1n) is 9.82. The zero-order chi connectivity index (χ0) is 22.0. The van der Waals surface area contributed by atoms with Gasteiger partial charge in [-0.05, 0) is 43.7 Å². The molecule has 1 heterocycles. The molecule has 0 atom stereocenters. The van der Waals surface area contributed by atoms with E-state index in [4.69, 9.17) is 9.15 Å². The van der Waals surface area contributed by atoms with E-state index in [2.05, 4.69) is 4.72 Å². The van der Waals surface area contributed by atoms with Crippen molar-refractivity contribution in [3.63, 3.8) is 0 Å². The van der Waals surface area contributed by atoms with Gasteiger partial charge in [0, 0.05) is 11.1 Å². The number of anilines is 1. The van der Waals surface area contributed by atoms with Crippen LogP contribution in [0.5, 0.6) is 5.75 Å². The number of sulfonamides is 1. The van der Waals surface area contributed by atoms with E-state index in [0.717, 1.165) is 22.4 Å². The Morgan fingerprint density at radius 2 is 1.45 bits per heavy atom. The molecule has 3 aromatic carbocycles. The number of benzene rings is 3. The van der Waals surface area contributed by atoms with Crippen molar-refractivity contribution in [2.75, 3.05) is 11.8 Å². The number of aryl methyl sites for hydroxylation is 2. The predicted octanol–water partition coefficient (Wildman–Crippen LogP) is 6.04. The Balaban J connectivity index is 1.88. The van der Waals surface area contributed by atoms with Crippen molar-refractivity contribution in [2.24, 2.45) is 0 Å². The number of hydrogen-bond donors (Lipinski definition) is 1. The highest BCUT2D eigenvalue weighted by Gasteiger charge is 2.25. The summed E-state index contributed by atoms with van der Waals surface area (Å²) >= 11 is 0. The summed E-state index contributed by atoms with van der Waals surface area (Å²) in [5.41, 5.74) is 3.70. The zero-order valence-electron chi connectivity index (χ0n) is 17.5. The molecular formula is C25H23NO4S. The largest absolute Gasteiger partial charge is 0.497 e. The lowest BCUT2D eigenvalue weighted by molar-refractivity contribution is 0.415. The van der Waals surface area contributed by atoms with E-state index in [1.807, 2.05) is 68.4 Å². The fraction of sp³-hybridized carbons (Fsp3) is 0.120. The van der Waals surface area contributed by atoms with Crippen LogP contribution in [0.1, 0.15) is 11.3 Å². The monoisotopic (exact) mass is 433 g/mol. The number of hydrogen-bond acceptors (Lipinski definition) is 4. The average Bonchev–Trinajstić information content (AvgIpc) is 3.10. The van der Waals surface area contributed by atoms with E-state index in [1.165, 1.54) is 0 Å². The maximum absolute atomic E-state index is 13.2. The molecule has 0 aliphatic carbocycles. The van der Waals surface area contributed by atoms with E-state index in [-0.39, 0.29) is 4.90 Å². The second-order valence-corrected chi connectivity index (χ2v) is 8.93. The van der Waals surface area contributed by atoms with Gasteiger partial charge in [-0.1, -0.05) is 60.2 Å². The highest BCUT2D eigenvalue weighted by molar-refractivity contribution is 7.92. The Hall–Kier alpha value is -3.51. The van der Waals surface area contributed by atoms with Gasteiger partial charge >= 0.3 is 0 Å². The standard InChI is InChI=1S/C25H23NO4S/c1-17-9-15-22(16-10-17)31(27,28)26-24-23(19-11-13-21(29-3)14-12-19)18(2)30-25(24)20-7-5-4-6-8-20/h4-16,26H,1-3H3. The summed E-state index contributed by atoms with van der Waals surface area (Å²) in [6.45, 7) is 3.74. The normalized spacial score (nSPS) is 11.3. The van der Waals surface area contributed by atoms with Gasteiger partial charge in [-0.15, -0.1) is 0 Å². The molecule has 0 spiro atoms. The Morgan fingerprint density at radius 3 is 2.06 bits per heavy atom. The highest BCUT2D eigenvalue weighted by atomic mass is 32.2. The van der Waals surface area contributed by atoms with Crippen LogP contribution in [0.3, 0.4) is 0 Å². The number of ether oxygens (including phenoxy) is 1. The summed E-state index contributed by atoms with van der Waals surface area (Å²) < 4.78 is 40.6. The molecule has 158 valence electrons. The van der Waals surface area contributed by atoms with Crippen molar-refractivity contribution in [3.8, 4) is 28.2 Å². The minimum absolute atomic E-state index is 0.191. The first-order chi connectivity index (χ1) is 14.9. The Morgan fingerprint density at radius 1 is 0.806 bits per heavy atom. The Labute approximate surface area is 182 Å². The lowest BCUT2D eigenvalue weighted by atomic mass is 10.0. The number of methoxy groups -OCH3 is 1. The summed E-state index contributed by atoms with van der Waals surface area (Å²) in [5.74, 6) is 1.81. The number of nitrogens with one attached hydrogen (secondary N) is 1. The summed E-state index contributed by atoms with van der Waals surface area (Å²) in [7, 11) is -2.22. The number of furan rings is 1. The minimum Gasteiger partial charge on any atom is -0.497 e. The molecule has 0 aliphatic rings. The van der Waals surface area contributed by atoms with Gasteiger partial charge in [0.2, 0.25) is 0 Å². The van der Waals surface area contributed by atoms with E-state index in [0.29, 0.717) is 22.8 Å². The van der Waals surface area contributed by atoms with Gasteiger partial charge in [0.25, 0.3) is 10.0 Å². The topological polar surface area (TPSA) is 68.5 Å². The lowest BCUT2D eigenvalue weighted by Gasteiger charge is -2.12. The second-order valence-electron chi connectivity index (χ2n) is 7.25. The summed E-state index contributed by atoms with van der Waals surface area (Å²) in [5, 5.41) is 0. The molecule has 4 rings (SSSR count). The van der Waals surface area contributed by atoms with Crippen LogP contribution in [0, 0.1) is 13.8 Å². The van der Waals surface area contributed by atoms with Crippen molar-refractivity contribution in [1.29, 1.82) is 0 Å². The van der Waals surface area contributed by atoms with Crippen molar-refractivity contribution in [1.82, 2.24) is 0 Å². The molecule has 0 saturated carbocycles. The van der Waals surface area contributed by atoms with Crippen LogP contribution < -0.4 is 9.46 Å². The average molecular weight is 434 g/mol. The lowest BCUT2D eigenvalue weighted by Crippen LogP contribution is -2.13. The van der Waals surface area contributed by atoms with Gasteiger partial charge in [-0.3, -0.25) is 4.72 Å². The molecule has 31 heavy (non-hydrogen) atoms. The van der Waals surface area contributed by atoms with Crippen LogP contribution in [-0.4, -0.2) is 15.5 Å². The zero-order valence-corrected chi connectivity index (χ0v) is 18.4. The van der Waals surface area contributed by atoms with Crippen LogP contribution in [0.15, 0.2) is 88.2 Å². The van der Waals surface area contributed by atoms with Crippen LogP contribution in [0.2, 0.25) is 0 Å². The molecule has 1 N–H and O–H groups in total. The predicted molar refractivity (Wildman–Crippen MR) is 123 cm³/mol. The van der Waals surface area contributed by atoms with Crippen molar-refractivity contribution in [2.45, 2.75) is 18.7 Å². The van der Waals surface area contributed by atoms with Crippen LogP contribution in [0.25, 0.3) is 22.5 Å². The van der Waals surface area contributed by atoms with Crippen LogP contribution in [0.4, 0.5) is 5.69 Å². The molecule has 1 aromatic heterocycles. The maximum Gasteiger partial charge on any atom is 0.262 e. The second kappa shape index (κ2) is 8.32. The SMILES string of the molecule is COc1ccc(-c2c(C)oc(-c3ccccc3)c2NS(=O)(=O)c2ccc(C)cc2)cc1. The summed E-state index contributed by atoms with van der Waals surface area (Å²) in [6, 6.07) is 23.6. The molecule has 0 bridgehead atoms. The van der Waals surface area contributed by atoms with E-state index in [1.54, 1.807) is 31.4 Å². The van der Waals surface area contributed by atoms with Crippen LogP contribution in [-0.2, 0) is 10.0 Å². The van der Waals surface area contributed by atoms with Gasteiger partial charge in [-0.2, -0.15) is 0 Å². The molecule has 6 heteroatoms. The highest BCUT2D eigenvalue weighted by Crippen LogP contribution is 2.43. The molecule has 0 fully saturated rings. The fourth-order valence-electron chi connectivity index (χ4n) is 3.45. The Bertz CT molecular complexity index is 1290. The third kappa shape index (κ3) is 4.20. The Kier molecular flexibility index (Phi) is 5.57. The van der Waals surface area contributed by atoms with Crippen molar-refractivity contribution >= 4 is 15.7 Å². The van der Waals surface area contributed by atoms with E-state index >= 15 is 0 Å². The van der Waals surface area contributed by atoms with Crippen molar-refractivity contribution < 1.29 is 17.6 Å². The van der Waals surface area contributed by atoms with E-state index < -0.39 is 10.0 Å². The van der Waals surface area contributed by atoms with Gasteiger partial charge < -0.3 is 9.15 Å². The molecule has 0 unspecified atom stereocenters. The van der Waals surface area contributed by atoms with Gasteiger partial charge in [0.15, 0.2) is 5.76 Å². The molecule has 4 aromatic rings. The van der Waals surface area contributed by atoms with Gasteiger partial charge in [-0.25, -0.2) is 8.42 Å². The molecule has 5 nitrogen and oxygen atoms in total. The third-order valence-corrected chi connectivity index (χ3v) is 6.43. The third-order valence-electron chi connectivity index (χ3n) is 5.07. The summed E-state index contributed by atoms with van der Waals surface area (Å²) in [6.07, 6.45) is 0. The quantitative estimate of drug-likeness (QED) is 0.402. The molecule has 0 aliphatic heterocycles. The smallest absolute Gasteiger partial charge is 0.262 e. The van der Waals surface area contributed by atoms with Crippen molar-refractivity contribution in [3.05, 3.63) is 90.2 Å². The maximum atomic E-state index is 13.2. The first kappa shape index (κ1) is 20.8. The van der Waals surface area contributed by atoms with Gasteiger partial charge in [0.05, 0.1) is 12.0 Å². The molecule has 0 radical (unpaired) electrons. The van der Waals surface area contributed by atoms with Crippen LogP contribution >= 0.6 is 0 Å². The van der Waals surface area contributed by atoms with E-state index in [9.17, 15) is 8.42 Å². The molecule has 0 saturated heterocycles. The number of rotatable bonds is 6. The summed E-state index contributed by atoms with van der Waals surface area (Å²) in [4.78, 5) is 0.191.